The summed E-state index contributed by atoms with van der Waals surface area (Å²) < 4.78 is 93.5. The Morgan fingerprint density at radius 3 is 2.45 bits per heavy atom. The third kappa shape index (κ3) is 4.68. The van der Waals surface area contributed by atoms with E-state index in [2.05, 4.69) is 20.4 Å². The van der Waals surface area contributed by atoms with Crippen molar-refractivity contribution in [3.05, 3.63) is 11.8 Å². The van der Waals surface area contributed by atoms with Crippen LogP contribution in [0.25, 0.3) is 11.5 Å². The molecule has 0 spiro atoms. The maximum Gasteiger partial charge on any atom is 0.435 e. The molecule has 0 aromatic carbocycles. The first-order valence-corrected chi connectivity index (χ1v) is 10.1. The van der Waals surface area contributed by atoms with E-state index in [0.29, 0.717) is 11.8 Å². The van der Waals surface area contributed by atoms with E-state index in [-0.39, 0.29) is 28.2 Å². The Kier molecular flexibility index (Phi) is 6.74. The highest BCUT2D eigenvalue weighted by atomic mass is 32.2. The molecule has 0 fully saturated rings. The minimum atomic E-state index is -4.69. The minimum Gasteiger partial charge on any atom is -0.364 e. The van der Waals surface area contributed by atoms with Crippen LogP contribution in [0, 0.1) is 0 Å². The van der Waals surface area contributed by atoms with Crippen molar-refractivity contribution in [3.63, 3.8) is 0 Å². The molecular formula is C16H16F7N7O2S. The Morgan fingerprint density at radius 1 is 1.27 bits per heavy atom. The van der Waals surface area contributed by atoms with Gasteiger partial charge >= 0.3 is 6.18 Å². The number of thioether (sulfide) groups is 1. The smallest absolute Gasteiger partial charge is 0.364 e. The predicted molar refractivity (Wildman–Crippen MR) is 99.5 cm³/mol. The standard InChI is InChI=1S/C16H16F7N7O2S/c1-3-29-12(8-4-9(16(21,22)23)27-28(8)2)24-25-14(29)33-6-10(31)30-15(32,13(19)20)5-7(26-30)11(17)18/h4,11,13,32H,3,5-6H2,1-2H3/t15-/m0/s1. The minimum absolute atomic E-state index is 0.00112. The van der Waals surface area contributed by atoms with Gasteiger partial charge in [0.1, 0.15) is 11.4 Å². The highest BCUT2D eigenvalue weighted by Crippen LogP contribution is 2.35. The van der Waals surface area contributed by atoms with Crippen LogP contribution in [0.5, 0.6) is 0 Å². The van der Waals surface area contributed by atoms with Crippen molar-refractivity contribution in [2.75, 3.05) is 5.75 Å². The first-order valence-electron chi connectivity index (χ1n) is 9.16. The quantitative estimate of drug-likeness (QED) is 0.461. The van der Waals surface area contributed by atoms with Gasteiger partial charge in [0.25, 0.3) is 18.8 Å². The van der Waals surface area contributed by atoms with E-state index in [0.717, 1.165) is 10.7 Å². The molecule has 182 valence electrons. The lowest BCUT2D eigenvalue weighted by atomic mass is 10.1. The molecule has 0 aliphatic carbocycles. The van der Waals surface area contributed by atoms with Crippen molar-refractivity contribution in [1.82, 2.24) is 29.6 Å². The largest absolute Gasteiger partial charge is 0.435 e. The second-order valence-electron chi connectivity index (χ2n) is 6.83. The second-order valence-corrected chi connectivity index (χ2v) is 7.77. The SMILES string of the molecule is CCn1c(SCC(=O)N2N=C(C(F)F)C[C@]2(O)C(F)F)nnc1-c1cc(C(F)(F)F)nn1C. The van der Waals surface area contributed by atoms with E-state index in [1.54, 1.807) is 6.92 Å². The van der Waals surface area contributed by atoms with Gasteiger partial charge in [0.15, 0.2) is 16.7 Å². The number of alkyl halides is 7. The van der Waals surface area contributed by atoms with Crippen molar-refractivity contribution >= 4 is 23.4 Å². The van der Waals surface area contributed by atoms with E-state index in [9.17, 15) is 40.6 Å². The summed E-state index contributed by atoms with van der Waals surface area (Å²) in [6.45, 7) is 1.78. The Hall–Kier alpha value is -2.69. The fourth-order valence-corrected chi connectivity index (χ4v) is 3.87. The maximum absolute atomic E-state index is 13.3. The van der Waals surface area contributed by atoms with Gasteiger partial charge in [-0.05, 0) is 13.0 Å². The molecule has 1 aliphatic heterocycles. The summed E-state index contributed by atoms with van der Waals surface area (Å²) in [5.41, 5.74) is -5.45. The number of aromatic nitrogens is 5. The van der Waals surface area contributed by atoms with E-state index < -0.39 is 54.2 Å². The molecule has 2 aromatic rings. The molecule has 0 saturated carbocycles. The number of halogens is 7. The van der Waals surface area contributed by atoms with E-state index >= 15 is 0 Å². The van der Waals surface area contributed by atoms with Gasteiger partial charge in [0.2, 0.25) is 5.72 Å². The van der Waals surface area contributed by atoms with Crippen LogP contribution in [-0.2, 0) is 24.6 Å². The maximum atomic E-state index is 13.3. The lowest BCUT2D eigenvalue weighted by Gasteiger charge is -2.29. The van der Waals surface area contributed by atoms with Gasteiger partial charge < -0.3 is 9.67 Å². The number of rotatable bonds is 7. The van der Waals surface area contributed by atoms with Gasteiger partial charge in [0, 0.05) is 20.0 Å². The predicted octanol–water partition coefficient (Wildman–Crippen LogP) is 2.62. The van der Waals surface area contributed by atoms with Gasteiger partial charge in [-0.2, -0.15) is 28.4 Å². The van der Waals surface area contributed by atoms with Crippen LogP contribution in [0.2, 0.25) is 0 Å². The summed E-state index contributed by atoms with van der Waals surface area (Å²) in [6, 6.07) is 0.767. The lowest BCUT2D eigenvalue weighted by Crippen LogP contribution is -2.52. The summed E-state index contributed by atoms with van der Waals surface area (Å²) in [4.78, 5) is 12.4. The number of aliphatic hydroxyl groups is 1. The van der Waals surface area contributed by atoms with Crippen molar-refractivity contribution < 1.29 is 40.6 Å². The number of hydrogen-bond donors (Lipinski definition) is 1. The first-order chi connectivity index (χ1) is 15.3. The molecule has 33 heavy (non-hydrogen) atoms. The number of carbonyl (C=O) groups is 1. The van der Waals surface area contributed by atoms with Crippen LogP contribution in [0.4, 0.5) is 30.7 Å². The summed E-state index contributed by atoms with van der Waals surface area (Å²) >= 11 is 0.656. The molecule has 0 saturated heterocycles. The molecule has 9 nitrogen and oxygen atoms in total. The molecule has 17 heteroatoms. The highest BCUT2D eigenvalue weighted by molar-refractivity contribution is 7.99. The van der Waals surface area contributed by atoms with Crippen LogP contribution in [0.3, 0.4) is 0 Å². The van der Waals surface area contributed by atoms with E-state index in [4.69, 9.17) is 0 Å². The number of carbonyl (C=O) groups excluding carboxylic acids is 1. The zero-order chi connectivity index (χ0) is 24.7. The topological polar surface area (TPSA) is 101 Å². The third-order valence-electron chi connectivity index (χ3n) is 4.63. The summed E-state index contributed by atoms with van der Waals surface area (Å²) in [6.07, 6.45) is -12.7. The number of nitrogens with zero attached hydrogens (tertiary/aromatic N) is 7. The summed E-state index contributed by atoms with van der Waals surface area (Å²) in [7, 11) is 1.27. The Labute approximate surface area is 185 Å². The Balaban J connectivity index is 1.82. The Bertz CT molecular complexity index is 1070. The number of aryl methyl sites for hydroxylation is 1. The molecule has 3 heterocycles. The number of hydrogen-bond acceptors (Lipinski definition) is 7. The average Bonchev–Trinajstić information content (AvgIpc) is 3.40. The van der Waals surface area contributed by atoms with Crippen molar-refractivity contribution in [3.8, 4) is 11.5 Å². The van der Waals surface area contributed by atoms with Crippen molar-refractivity contribution in [1.29, 1.82) is 0 Å². The summed E-state index contributed by atoms with van der Waals surface area (Å²) in [5.74, 6) is -1.85. The normalized spacial score (nSPS) is 19.2. The van der Waals surface area contributed by atoms with Crippen molar-refractivity contribution in [2.24, 2.45) is 12.1 Å². The molecule has 2 aromatic heterocycles. The fourth-order valence-electron chi connectivity index (χ4n) is 3.03. The zero-order valence-electron chi connectivity index (χ0n) is 16.9. The second kappa shape index (κ2) is 8.92. The lowest BCUT2D eigenvalue weighted by molar-refractivity contribution is -0.190. The number of amides is 1. The van der Waals surface area contributed by atoms with Crippen LogP contribution in [-0.4, -0.2) is 70.6 Å². The van der Waals surface area contributed by atoms with Gasteiger partial charge in [-0.3, -0.25) is 9.48 Å². The summed E-state index contributed by atoms with van der Waals surface area (Å²) in [5, 5.41) is 24.2. The van der Waals surface area contributed by atoms with Crippen LogP contribution in [0.15, 0.2) is 16.3 Å². The number of hydrazone groups is 1. The van der Waals surface area contributed by atoms with E-state index in [1.807, 2.05) is 0 Å². The van der Waals surface area contributed by atoms with Gasteiger partial charge in [0.05, 0.1) is 5.75 Å². The average molecular weight is 503 g/mol. The van der Waals surface area contributed by atoms with Crippen LogP contribution >= 0.6 is 11.8 Å². The molecule has 0 radical (unpaired) electrons. The van der Waals surface area contributed by atoms with Gasteiger partial charge in [-0.25, -0.2) is 17.6 Å². The monoisotopic (exact) mass is 503 g/mol. The zero-order valence-corrected chi connectivity index (χ0v) is 17.7. The van der Waals surface area contributed by atoms with Crippen molar-refractivity contribution in [2.45, 2.75) is 49.8 Å². The molecule has 1 aliphatic rings. The van der Waals surface area contributed by atoms with E-state index in [1.165, 1.54) is 11.6 Å². The molecule has 0 bridgehead atoms. The third-order valence-corrected chi connectivity index (χ3v) is 5.58. The molecule has 0 unspecified atom stereocenters. The Morgan fingerprint density at radius 2 is 1.94 bits per heavy atom. The molecular weight excluding hydrogens is 487 g/mol. The van der Waals surface area contributed by atoms with Crippen LogP contribution < -0.4 is 0 Å². The van der Waals surface area contributed by atoms with Gasteiger partial charge in [-0.1, -0.05) is 11.8 Å². The fraction of sp³-hybridized carbons (Fsp3) is 0.562. The van der Waals surface area contributed by atoms with Crippen LogP contribution in [0.1, 0.15) is 19.0 Å². The molecule has 1 N–H and O–H groups in total. The molecule has 1 atom stereocenters. The molecule has 1 amide bonds. The molecule has 3 rings (SSSR count). The highest BCUT2D eigenvalue weighted by Gasteiger charge is 2.53. The van der Waals surface area contributed by atoms with Gasteiger partial charge in [-0.15, -0.1) is 10.2 Å². The first kappa shape index (κ1) is 24.9.